The minimum Gasteiger partial charge on any atom is -0.322 e. The Morgan fingerprint density at radius 2 is 0.483 bits per heavy atom. The Hall–Kier alpha value is -7.80. The van der Waals surface area contributed by atoms with Crippen molar-refractivity contribution in [1.82, 2.24) is 0 Å². The first-order valence-electron chi connectivity index (χ1n) is 30.8. The Labute approximate surface area is 522 Å². The lowest BCUT2D eigenvalue weighted by molar-refractivity contribution is 0.102. The van der Waals surface area contributed by atoms with Crippen molar-refractivity contribution in [2.45, 2.75) is 173 Å². The molecule has 0 aromatic heterocycles. The molecule has 0 heterocycles. The van der Waals surface area contributed by atoms with Crippen LogP contribution in [0.25, 0.3) is 0 Å². The molecule has 0 saturated heterocycles. The van der Waals surface area contributed by atoms with E-state index in [1.165, 1.54) is 45.5 Å². The molecule has 0 fully saturated rings. The van der Waals surface area contributed by atoms with E-state index in [0.717, 1.165) is 44.5 Å². The summed E-state index contributed by atoms with van der Waals surface area (Å²) in [6.07, 6.45) is 0. The molecule has 9 aromatic carbocycles. The number of anilines is 2. The van der Waals surface area contributed by atoms with Crippen LogP contribution < -0.4 is 10.0 Å². The van der Waals surface area contributed by atoms with Gasteiger partial charge in [-0.05, 0) is 153 Å². The summed E-state index contributed by atoms with van der Waals surface area (Å²) in [5, 5.41) is 3.09. The smallest absolute Gasteiger partial charge is 0.261 e. The maximum absolute atomic E-state index is 14.5. The summed E-state index contributed by atoms with van der Waals surface area (Å²) in [6.45, 7) is 40.2. The number of carbonyl (C=O) groups is 1. The molecule has 5 nitrogen and oxygen atoms in total. The van der Waals surface area contributed by atoms with Gasteiger partial charge in [-0.1, -0.05) is 301 Å². The Morgan fingerprint density at radius 3 is 0.713 bits per heavy atom. The first kappa shape index (κ1) is 63.7. The maximum atomic E-state index is 14.5. The Kier molecular flexibility index (Phi) is 17.1. The number of nitrogens with one attached hydrogen (secondary N) is 2. The van der Waals surface area contributed by atoms with E-state index in [1.807, 2.05) is 36.4 Å². The zero-order chi connectivity index (χ0) is 63.3. The van der Waals surface area contributed by atoms with Crippen LogP contribution in [0.5, 0.6) is 0 Å². The summed E-state index contributed by atoms with van der Waals surface area (Å²) in [4.78, 5) is 14.3. The van der Waals surface area contributed by atoms with Crippen molar-refractivity contribution in [3.05, 3.63) is 302 Å². The van der Waals surface area contributed by atoms with Gasteiger partial charge in [-0.2, -0.15) is 0 Å². The number of benzene rings is 9. The quantitative estimate of drug-likeness (QED) is 0.113. The van der Waals surface area contributed by atoms with E-state index in [9.17, 15) is 13.2 Å². The third-order valence-electron chi connectivity index (χ3n) is 17.7. The van der Waals surface area contributed by atoms with Crippen molar-refractivity contribution in [3.8, 4) is 0 Å². The summed E-state index contributed by atoms with van der Waals surface area (Å²) in [7, 11) is -4.17. The highest BCUT2D eigenvalue weighted by molar-refractivity contribution is 7.92. The number of rotatable bonds is 13. The molecule has 0 aliphatic carbocycles. The highest BCUT2D eigenvalue weighted by atomic mass is 32.2. The average molecular weight is 1170 g/mol. The van der Waals surface area contributed by atoms with Crippen molar-refractivity contribution >= 4 is 27.3 Å². The highest BCUT2D eigenvalue weighted by Gasteiger charge is 2.41. The largest absolute Gasteiger partial charge is 0.322 e. The molecule has 9 rings (SSSR count). The molecule has 0 unspecified atom stereocenters. The molecule has 0 atom stereocenters. The first-order chi connectivity index (χ1) is 40.5. The molecular weight excluding hydrogens is 1080 g/mol. The van der Waals surface area contributed by atoms with E-state index >= 15 is 0 Å². The third kappa shape index (κ3) is 13.2. The van der Waals surface area contributed by atoms with Crippen molar-refractivity contribution in [3.63, 3.8) is 0 Å². The third-order valence-corrected chi connectivity index (χ3v) is 19.0. The van der Waals surface area contributed by atoms with Gasteiger partial charge in [-0.3, -0.25) is 9.52 Å². The number of hydrogen-bond donors (Lipinski definition) is 2. The van der Waals surface area contributed by atoms with Crippen LogP contribution in [0.3, 0.4) is 0 Å². The van der Waals surface area contributed by atoms with Crippen molar-refractivity contribution in [1.29, 1.82) is 0 Å². The second-order valence-corrected chi connectivity index (χ2v) is 31.9. The second-order valence-electron chi connectivity index (χ2n) is 30.2. The Balaban J connectivity index is 1.05. The lowest BCUT2D eigenvalue weighted by Crippen LogP contribution is -2.31. The van der Waals surface area contributed by atoms with Gasteiger partial charge < -0.3 is 5.32 Å². The van der Waals surface area contributed by atoms with Gasteiger partial charge in [0.2, 0.25) is 0 Å². The van der Waals surface area contributed by atoms with Crippen molar-refractivity contribution < 1.29 is 13.2 Å². The summed E-state index contributed by atoms with van der Waals surface area (Å²) in [6, 6.07) is 76.2. The molecule has 2 N–H and O–H groups in total. The van der Waals surface area contributed by atoms with Gasteiger partial charge in [0.25, 0.3) is 15.9 Å². The van der Waals surface area contributed by atoms with Crippen molar-refractivity contribution in [2.24, 2.45) is 0 Å². The number of hydrogen-bond acceptors (Lipinski definition) is 3. The molecule has 0 saturated carbocycles. The van der Waals surface area contributed by atoms with Gasteiger partial charge >= 0.3 is 0 Å². The topological polar surface area (TPSA) is 75.3 Å². The Morgan fingerprint density at radius 1 is 0.276 bits per heavy atom. The molecule has 0 radical (unpaired) electrons. The van der Waals surface area contributed by atoms with E-state index < -0.39 is 26.8 Å². The van der Waals surface area contributed by atoms with Gasteiger partial charge in [0.15, 0.2) is 0 Å². The predicted molar refractivity (Wildman–Crippen MR) is 367 cm³/mol. The molecule has 9 aromatic rings. The van der Waals surface area contributed by atoms with Crippen LogP contribution in [0.2, 0.25) is 0 Å². The minimum absolute atomic E-state index is 0.0297. The maximum Gasteiger partial charge on any atom is 0.261 e. The van der Waals surface area contributed by atoms with Crippen LogP contribution in [0.15, 0.2) is 223 Å². The van der Waals surface area contributed by atoms with Crippen molar-refractivity contribution in [2.75, 3.05) is 10.0 Å². The molecule has 0 aliphatic heterocycles. The molecular formula is C81H92N2O3S. The Bertz CT molecular complexity index is 3690. The molecule has 450 valence electrons. The van der Waals surface area contributed by atoms with E-state index in [-0.39, 0.29) is 42.9 Å². The van der Waals surface area contributed by atoms with Gasteiger partial charge in [0.1, 0.15) is 0 Å². The van der Waals surface area contributed by atoms with Gasteiger partial charge in [0.05, 0.1) is 15.7 Å². The minimum atomic E-state index is -4.17. The number of sulfonamides is 1. The zero-order valence-electron chi connectivity index (χ0n) is 54.9. The summed E-state index contributed by atoms with van der Waals surface area (Å²) >= 11 is 0. The number of carbonyl (C=O) groups excluding carboxylic acids is 1. The fraction of sp³-hybridized carbons (Fsp3) is 0.321. The monoisotopic (exact) mass is 1170 g/mol. The van der Waals surface area contributed by atoms with E-state index in [1.54, 1.807) is 12.1 Å². The predicted octanol–water partition coefficient (Wildman–Crippen LogP) is 20.3. The van der Waals surface area contributed by atoms with E-state index in [2.05, 4.69) is 292 Å². The fourth-order valence-electron chi connectivity index (χ4n) is 12.1. The summed E-state index contributed by atoms with van der Waals surface area (Å²) < 4.78 is 31.8. The van der Waals surface area contributed by atoms with Crippen LogP contribution in [-0.4, -0.2) is 14.3 Å². The van der Waals surface area contributed by atoms with Gasteiger partial charge in [-0.15, -0.1) is 0 Å². The zero-order valence-corrected chi connectivity index (χ0v) is 55.7. The molecule has 1 amide bonds. The van der Waals surface area contributed by atoms with Crippen LogP contribution in [0, 0.1) is 0 Å². The lowest BCUT2D eigenvalue weighted by Gasteiger charge is -2.38. The summed E-state index contributed by atoms with van der Waals surface area (Å²) in [5.74, 6) is -0.429. The highest BCUT2D eigenvalue weighted by Crippen LogP contribution is 2.49. The molecule has 0 spiro atoms. The first-order valence-corrected chi connectivity index (χ1v) is 32.3. The standard InChI is InChI=1S/C81H92N2O3S/c1-74(2,3)56-22-34-62(35-23-56)80(63-36-24-57(25-37-63)75(4,5)6,64-38-26-58(27-39-64)76(7,8)9)68-46-50-70(51-47-68)82-73(84)55-20-19-21-72(54-55)87(85,86)83-71-52-48-69(49-53-71)81(65-40-28-59(29-41-65)77(10,11)12,66-42-30-60(31-43-66)78(13,14)15)67-44-32-61(33-45-67)79(16,17)18/h19-54,83H,1-18H3,(H,82,84). The number of amides is 1. The molecule has 87 heavy (non-hydrogen) atoms. The van der Waals surface area contributed by atoms with Gasteiger partial charge in [-0.25, -0.2) is 8.42 Å². The SMILES string of the molecule is CC(C)(C)c1ccc(C(c2ccc(NC(=O)c3cccc(S(=O)(=O)Nc4ccc(C(c5ccc(C(C)(C)C)cc5)(c5ccc(C(C)(C)C)cc5)c5ccc(C(C)(C)C)cc5)cc4)c3)cc2)(c2ccc(C(C)(C)C)cc2)c2ccc(C(C)(C)C)cc2)cc1. The second kappa shape index (κ2) is 23.4. The molecule has 0 aliphatic rings. The van der Waals surface area contributed by atoms with E-state index in [0.29, 0.717) is 11.4 Å². The van der Waals surface area contributed by atoms with Crippen LogP contribution in [-0.2, 0) is 53.3 Å². The normalized spacial score (nSPS) is 13.1. The lowest BCUT2D eigenvalue weighted by atomic mass is 9.64. The van der Waals surface area contributed by atoms with Crippen LogP contribution in [0.4, 0.5) is 11.4 Å². The van der Waals surface area contributed by atoms with Gasteiger partial charge in [0, 0.05) is 16.9 Å². The molecule has 0 bridgehead atoms. The van der Waals surface area contributed by atoms with Crippen LogP contribution in [0.1, 0.15) is 213 Å². The average Bonchev–Trinajstić information content (AvgIpc) is 0.923. The molecule has 6 heteroatoms. The van der Waals surface area contributed by atoms with Crippen LogP contribution >= 0.6 is 0 Å². The van der Waals surface area contributed by atoms with E-state index in [4.69, 9.17) is 0 Å². The summed E-state index contributed by atoms with van der Waals surface area (Å²) in [5.41, 5.74) is 15.6. The fourth-order valence-corrected chi connectivity index (χ4v) is 13.2.